The Bertz CT molecular complexity index is 1380. The van der Waals surface area contributed by atoms with E-state index in [0.29, 0.717) is 23.1 Å². The highest BCUT2D eigenvalue weighted by molar-refractivity contribution is 8.15. The molecule has 0 aromatic heterocycles. The Kier molecular flexibility index (Phi) is 6.17. The van der Waals surface area contributed by atoms with Crippen LogP contribution in [0.4, 0.5) is 20.2 Å². The number of thioether (sulfide) groups is 1. The maximum Gasteiger partial charge on any atom is 0.275 e. The third-order valence-electron chi connectivity index (χ3n) is 5.72. The van der Waals surface area contributed by atoms with Crippen molar-refractivity contribution in [3.8, 4) is 0 Å². The van der Waals surface area contributed by atoms with E-state index in [9.17, 15) is 18.4 Å². The molecule has 1 N–H and O–H groups in total. The lowest BCUT2D eigenvalue weighted by molar-refractivity contribution is -0.119. The molecule has 0 spiro atoms. The highest BCUT2D eigenvalue weighted by Gasteiger charge is 2.43. The van der Waals surface area contributed by atoms with Crippen molar-refractivity contribution in [2.24, 2.45) is 9.98 Å². The van der Waals surface area contributed by atoms with Crippen molar-refractivity contribution >= 4 is 46.0 Å². The zero-order valence-electron chi connectivity index (χ0n) is 18.6. The number of nitrogens with one attached hydrogen (secondary N) is 1. The van der Waals surface area contributed by atoms with Gasteiger partial charge in [-0.2, -0.15) is 4.99 Å². The summed E-state index contributed by atoms with van der Waals surface area (Å²) in [5.41, 5.74) is 1.88. The number of aliphatic imine (C=N–C) groups is 2. The van der Waals surface area contributed by atoms with Crippen LogP contribution in [0.5, 0.6) is 0 Å². The molecule has 35 heavy (non-hydrogen) atoms. The number of halogens is 2. The zero-order valence-corrected chi connectivity index (χ0v) is 19.4. The SMILES string of the molecule is CCC(SC1=Nc2ccccc2C2=NC(=O)C(c3ccccc3)N12)C(=O)Nc1cc(F)ccc1F. The van der Waals surface area contributed by atoms with Crippen molar-refractivity contribution in [3.05, 3.63) is 95.6 Å². The molecule has 2 aliphatic rings. The number of fused-ring (bicyclic) bond motifs is 3. The predicted molar refractivity (Wildman–Crippen MR) is 133 cm³/mol. The standard InChI is InChI=1S/C26H20F2N4O2S/c1-2-21(24(33)29-20-14-16(27)12-13-18(20)28)35-26-30-19-11-7-6-10-17(19)23-31-25(34)22(32(23)26)15-8-4-3-5-9-15/h3-14,21-22H,2H2,1H3,(H,29,33). The molecule has 3 aromatic rings. The van der Waals surface area contributed by atoms with Gasteiger partial charge in [-0.15, -0.1) is 0 Å². The van der Waals surface area contributed by atoms with Crippen molar-refractivity contribution in [3.63, 3.8) is 0 Å². The number of rotatable bonds is 5. The van der Waals surface area contributed by atoms with Gasteiger partial charge in [-0.25, -0.2) is 13.8 Å². The van der Waals surface area contributed by atoms with Gasteiger partial charge in [-0.3, -0.25) is 14.5 Å². The summed E-state index contributed by atoms with van der Waals surface area (Å²) in [4.78, 5) is 37.0. The van der Waals surface area contributed by atoms with Crippen LogP contribution in [-0.2, 0) is 9.59 Å². The Hall–Kier alpha value is -3.85. The highest BCUT2D eigenvalue weighted by Crippen LogP contribution is 2.40. The minimum atomic E-state index is -0.729. The van der Waals surface area contributed by atoms with Crippen LogP contribution in [0.25, 0.3) is 0 Å². The first-order valence-electron chi connectivity index (χ1n) is 11.0. The van der Waals surface area contributed by atoms with E-state index in [0.717, 1.165) is 41.1 Å². The van der Waals surface area contributed by atoms with Crippen LogP contribution < -0.4 is 5.32 Å². The number of hydrogen-bond donors (Lipinski definition) is 1. The first-order chi connectivity index (χ1) is 17.0. The van der Waals surface area contributed by atoms with Crippen LogP contribution in [0.1, 0.15) is 30.5 Å². The number of hydrogen-bond acceptors (Lipinski definition) is 5. The van der Waals surface area contributed by atoms with E-state index in [1.54, 1.807) is 4.90 Å². The normalized spacial score (nSPS) is 17.3. The third-order valence-corrected chi connectivity index (χ3v) is 7.05. The molecule has 176 valence electrons. The van der Waals surface area contributed by atoms with Gasteiger partial charge in [0.1, 0.15) is 23.5 Å². The Balaban J connectivity index is 1.50. The second kappa shape index (κ2) is 9.42. The van der Waals surface area contributed by atoms with Crippen molar-refractivity contribution in [2.75, 3.05) is 5.32 Å². The van der Waals surface area contributed by atoms with E-state index in [-0.39, 0.29) is 11.6 Å². The van der Waals surface area contributed by atoms with Crippen LogP contribution in [0.3, 0.4) is 0 Å². The molecule has 2 amide bonds. The first-order valence-corrected chi connectivity index (χ1v) is 11.9. The van der Waals surface area contributed by atoms with Crippen molar-refractivity contribution in [1.29, 1.82) is 0 Å². The molecule has 0 saturated carbocycles. The predicted octanol–water partition coefficient (Wildman–Crippen LogP) is 5.45. The molecule has 9 heteroatoms. The van der Waals surface area contributed by atoms with E-state index in [4.69, 9.17) is 4.99 Å². The molecule has 0 aliphatic carbocycles. The van der Waals surface area contributed by atoms with Gasteiger partial charge in [0.05, 0.1) is 16.6 Å². The van der Waals surface area contributed by atoms with Gasteiger partial charge >= 0.3 is 0 Å². The summed E-state index contributed by atoms with van der Waals surface area (Å²) in [6, 6.07) is 18.8. The zero-order chi connectivity index (χ0) is 24.5. The first kappa shape index (κ1) is 22.9. The Morgan fingerprint density at radius 2 is 1.80 bits per heavy atom. The number of amidine groups is 2. The molecule has 2 heterocycles. The lowest BCUT2D eigenvalue weighted by Gasteiger charge is -2.32. The summed E-state index contributed by atoms with van der Waals surface area (Å²) in [7, 11) is 0. The number of carbonyl (C=O) groups is 2. The average Bonchev–Trinajstić information content (AvgIpc) is 3.22. The number of anilines is 1. The minimum absolute atomic E-state index is 0.231. The largest absolute Gasteiger partial charge is 0.323 e. The fraction of sp³-hybridized carbons (Fsp3) is 0.154. The Labute approximate surface area is 204 Å². The third kappa shape index (κ3) is 4.35. The van der Waals surface area contributed by atoms with Crippen LogP contribution in [-0.4, -0.2) is 33.0 Å². The summed E-state index contributed by atoms with van der Waals surface area (Å²) in [6.45, 7) is 1.81. The van der Waals surface area contributed by atoms with E-state index >= 15 is 0 Å². The van der Waals surface area contributed by atoms with Gasteiger partial charge in [0.2, 0.25) is 5.91 Å². The highest BCUT2D eigenvalue weighted by atomic mass is 32.2. The molecule has 2 atom stereocenters. The monoisotopic (exact) mass is 490 g/mol. The molecule has 0 fully saturated rings. The summed E-state index contributed by atoms with van der Waals surface area (Å²) in [5, 5.41) is 2.23. The smallest absolute Gasteiger partial charge is 0.275 e. The fourth-order valence-electron chi connectivity index (χ4n) is 4.03. The van der Waals surface area contributed by atoms with E-state index in [2.05, 4.69) is 10.3 Å². The van der Waals surface area contributed by atoms with Crippen LogP contribution in [0, 0.1) is 11.6 Å². The van der Waals surface area contributed by atoms with Crippen LogP contribution in [0.2, 0.25) is 0 Å². The molecule has 3 aromatic carbocycles. The number of para-hydroxylation sites is 1. The molecule has 0 bridgehead atoms. The van der Waals surface area contributed by atoms with Crippen molar-refractivity contribution in [2.45, 2.75) is 24.6 Å². The molecular formula is C26H20F2N4O2S. The topological polar surface area (TPSA) is 74.1 Å². The molecule has 0 saturated heterocycles. The maximum absolute atomic E-state index is 14.1. The van der Waals surface area contributed by atoms with Gasteiger partial charge in [-0.05, 0) is 36.2 Å². The quantitative estimate of drug-likeness (QED) is 0.516. The van der Waals surface area contributed by atoms with Gasteiger partial charge < -0.3 is 5.32 Å². The molecule has 2 aliphatic heterocycles. The summed E-state index contributed by atoms with van der Waals surface area (Å²) in [6.07, 6.45) is 0.387. The van der Waals surface area contributed by atoms with E-state index in [1.165, 1.54) is 0 Å². The maximum atomic E-state index is 14.1. The molecular weight excluding hydrogens is 470 g/mol. The second-order valence-corrected chi connectivity index (χ2v) is 9.17. The Morgan fingerprint density at radius 3 is 2.57 bits per heavy atom. The van der Waals surface area contributed by atoms with Gasteiger partial charge in [-0.1, -0.05) is 61.2 Å². The van der Waals surface area contributed by atoms with Gasteiger partial charge in [0.15, 0.2) is 5.17 Å². The Morgan fingerprint density at radius 1 is 1.06 bits per heavy atom. The van der Waals surface area contributed by atoms with Gasteiger partial charge in [0.25, 0.3) is 5.91 Å². The molecule has 5 rings (SSSR count). The van der Waals surface area contributed by atoms with Crippen molar-refractivity contribution < 1.29 is 18.4 Å². The number of benzene rings is 3. The number of amides is 2. The number of carbonyl (C=O) groups excluding carboxylic acids is 2. The summed E-state index contributed by atoms with van der Waals surface area (Å²) < 4.78 is 27.7. The average molecular weight is 491 g/mol. The summed E-state index contributed by atoms with van der Waals surface area (Å²) in [5.74, 6) is -1.73. The molecule has 0 radical (unpaired) electrons. The molecule has 2 unspecified atom stereocenters. The minimum Gasteiger partial charge on any atom is -0.323 e. The van der Waals surface area contributed by atoms with Crippen molar-refractivity contribution in [1.82, 2.24) is 4.90 Å². The van der Waals surface area contributed by atoms with E-state index < -0.39 is 28.8 Å². The van der Waals surface area contributed by atoms with Gasteiger partial charge in [0, 0.05) is 11.6 Å². The fourth-order valence-corrected chi connectivity index (χ4v) is 5.07. The lowest BCUT2D eigenvalue weighted by atomic mass is 10.0. The number of nitrogens with zero attached hydrogens (tertiary/aromatic N) is 3. The molecule has 6 nitrogen and oxygen atoms in total. The van der Waals surface area contributed by atoms with Crippen LogP contribution in [0.15, 0.2) is 82.8 Å². The second-order valence-electron chi connectivity index (χ2n) is 8.00. The summed E-state index contributed by atoms with van der Waals surface area (Å²) >= 11 is 1.16. The van der Waals surface area contributed by atoms with Crippen LogP contribution >= 0.6 is 11.8 Å². The van der Waals surface area contributed by atoms with E-state index in [1.807, 2.05) is 61.5 Å². The lowest BCUT2D eigenvalue weighted by Crippen LogP contribution is -2.40.